The fourth-order valence-electron chi connectivity index (χ4n) is 3.56. The number of fused-ring (bicyclic) bond motifs is 1. The summed E-state index contributed by atoms with van der Waals surface area (Å²) >= 11 is 0. The number of rotatable bonds is 5. The van der Waals surface area contributed by atoms with E-state index in [2.05, 4.69) is 10.6 Å². The molecule has 1 atom stereocenters. The van der Waals surface area contributed by atoms with Crippen LogP contribution in [0, 0.1) is 6.92 Å². The summed E-state index contributed by atoms with van der Waals surface area (Å²) in [7, 11) is -3.15. The Labute approximate surface area is 160 Å². The zero-order valence-corrected chi connectivity index (χ0v) is 16.8. The van der Waals surface area contributed by atoms with Crippen LogP contribution in [0.2, 0.25) is 0 Å². The van der Waals surface area contributed by atoms with Gasteiger partial charge in [-0.15, -0.1) is 0 Å². The van der Waals surface area contributed by atoms with Crippen LogP contribution in [-0.2, 0) is 10.0 Å². The van der Waals surface area contributed by atoms with Gasteiger partial charge in [-0.3, -0.25) is 0 Å². The van der Waals surface area contributed by atoms with Crippen LogP contribution in [0.5, 0.6) is 0 Å². The van der Waals surface area contributed by atoms with E-state index in [1.54, 1.807) is 6.92 Å². The molecule has 3 rings (SSSR count). The van der Waals surface area contributed by atoms with E-state index in [0.29, 0.717) is 25.9 Å². The van der Waals surface area contributed by atoms with Crippen LogP contribution in [0.3, 0.4) is 0 Å². The van der Waals surface area contributed by atoms with E-state index < -0.39 is 10.0 Å². The van der Waals surface area contributed by atoms with Gasteiger partial charge in [0, 0.05) is 30.1 Å². The first-order chi connectivity index (χ1) is 12.8. The molecule has 2 heterocycles. The number of para-hydroxylation sites is 1. The fourth-order valence-corrected chi connectivity index (χ4v) is 4.69. The van der Waals surface area contributed by atoms with Gasteiger partial charge in [0.2, 0.25) is 10.0 Å². The monoisotopic (exact) mass is 393 g/mol. The van der Waals surface area contributed by atoms with Crippen molar-refractivity contribution in [1.82, 2.24) is 14.9 Å². The molecule has 0 unspecified atom stereocenters. The molecule has 1 aromatic carbocycles. The third kappa shape index (κ3) is 4.27. The molecule has 8 heteroatoms. The minimum absolute atomic E-state index is 0.0303. The summed E-state index contributed by atoms with van der Waals surface area (Å²) in [5, 5.41) is 6.92. The first-order valence-corrected chi connectivity index (χ1v) is 11.0. The number of piperidine rings is 1. The van der Waals surface area contributed by atoms with Gasteiger partial charge in [-0.25, -0.2) is 17.5 Å². The molecule has 27 heavy (non-hydrogen) atoms. The minimum Gasteiger partial charge on any atom is -0.459 e. The van der Waals surface area contributed by atoms with E-state index in [0.717, 1.165) is 22.3 Å². The molecule has 2 aromatic rings. The van der Waals surface area contributed by atoms with Crippen molar-refractivity contribution >= 4 is 27.0 Å². The number of hydrogen-bond acceptors (Lipinski definition) is 4. The van der Waals surface area contributed by atoms with Gasteiger partial charge in [-0.05, 0) is 39.7 Å². The number of carbonyl (C=O) groups excluding carboxylic acids is 1. The highest BCUT2D eigenvalue weighted by atomic mass is 32.2. The zero-order chi connectivity index (χ0) is 19.6. The fraction of sp³-hybridized carbons (Fsp3) is 0.526. The normalized spacial score (nSPS) is 17.7. The van der Waals surface area contributed by atoms with Gasteiger partial charge in [-0.1, -0.05) is 18.2 Å². The molecule has 1 aliphatic rings. The van der Waals surface area contributed by atoms with Gasteiger partial charge in [0.05, 0.1) is 11.8 Å². The van der Waals surface area contributed by atoms with Crippen molar-refractivity contribution in [1.29, 1.82) is 0 Å². The van der Waals surface area contributed by atoms with E-state index in [4.69, 9.17) is 4.42 Å². The molecule has 1 aromatic heterocycles. The topological polar surface area (TPSA) is 91.7 Å². The second-order valence-corrected chi connectivity index (χ2v) is 9.26. The summed E-state index contributed by atoms with van der Waals surface area (Å²) in [6.45, 7) is 6.41. The summed E-state index contributed by atoms with van der Waals surface area (Å²) in [6.07, 6.45) is 1.23. The van der Waals surface area contributed by atoms with Crippen LogP contribution in [0.1, 0.15) is 44.1 Å². The largest absolute Gasteiger partial charge is 0.459 e. The lowest BCUT2D eigenvalue weighted by molar-refractivity contribution is 0.223. The van der Waals surface area contributed by atoms with E-state index >= 15 is 0 Å². The van der Waals surface area contributed by atoms with Crippen molar-refractivity contribution in [2.24, 2.45) is 0 Å². The predicted octanol–water partition coefficient (Wildman–Crippen LogP) is 2.92. The Hall–Kier alpha value is -2.06. The van der Waals surface area contributed by atoms with Gasteiger partial charge in [0.25, 0.3) is 0 Å². The van der Waals surface area contributed by atoms with Crippen LogP contribution in [0.4, 0.5) is 4.79 Å². The van der Waals surface area contributed by atoms with Crippen molar-refractivity contribution in [3.63, 3.8) is 0 Å². The van der Waals surface area contributed by atoms with E-state index in [1.807, 2.05) is 38.1 Å². The molecule has 2 N–H and O–H groups in total. The molecule has 148 valence electrons. The van der Waals surface area contributed by atoms with Gasteiger partial charge in [-0.2, -0.15) is 0 Å². The molecule has 0 saturated carbocycles. The highest BCUT2D eigenvalue weighted by Gasteiger charge is 2.28. The molecule has 7 nitrogen and oxygen atoms in total. The minimum atomic E-state index is -3.15. The van der Waals surface area contributed by atoms with Crippen LogP contribution >= 0.6 is 0 Å². The predicted molar refractivity (Wildman–Crippen MR) is 105 cm³/mol. The van der Waals surface area contributed by atoms with Crippen molar-refractivity contribution in [2.45, 2.75) is 45.7 Å². The van der Waals surface area contributed by atoms with Crippen LogP contribution < -0.4 is 10.6 Å². The number of carbonyl (C=O) groups is 1. The number of nitrogens with zero attached hydrogens (tertiary/aromatic N) is 1. The second kappa shape index (κ2) is 7.90. The maximum absolute atomic E-state index is 12.4. The molecule has 1 saturated heterocycles. The Morgan fingerprint density at radius 1 is 1.30 bits per heavy atom. The van der Waals surface area contributed by atoms with Crippen molar-refractivity contribution in [2.75, 3.05) is 18.8 Å². The van der Waals surface area contributed by atoms with Gasteiger partial charge >= 0.3 is 6.03 Å². The Morgan fingerprint density at radius 2 is 1.96 bits per heavy atom. The van der Waals surface area contributed by atoms with Crippen LogP contribution in [0.15, 0.2) is 28.7 Å². The number of benzene rings is 1. The highest BCUT2D eigenvalue weighted by molar-refractivity contribution is 7.89. The number of amides is 2. The Kier molecular flexibility index (Phi) is 5.76. The lowest BCUT2D eigenvalue weighted by atomic mass is 10.1. The van der Waals surface area contributed by atoms with Crippen LogP contribution in [-0.4, -0.2) is 43.6 Å². The van der Waals surface area contributed by atoms with Gasteiger partial charge < -0.3 is 15.1 Å². The Bertz CT molecular complexity index is 914. The zero-order valence-electron chi connectivity index (χ0n) is 16.0. The third-order valence-electron chi connectivity index (χ3n) is 5.17. The molecular weight excluding hydrogens is 366 g/mol. The average molecular weight is 394 g/mol. The number of aryl methyl sites for hydroxylation is 1. The second-order valence-electron chi connectivity index (χ2n) is 7.00. The highest BCUT2D eigenvalue weighted by Crippen LogP contribution is 2.29. The van der Waals surface area contributed by atoms with Crippen LogP contribution in [0.25, 0.3) is 11.0 Å². The molecular formula is C19H27N3O4S. The smallest absolute Gasteiger partial charge is 0.315 e. The molecule has 2 amide bonds. The molecule has 0 bridgehead atoms. The lowest BCUT2D eigenvalue weighted by Crippen LogP contribution is -2.49. The summed E-state index contributed by atoms with van der Waals surface area (Å²) in [5.74, 6) is 0.857. The van der Waals surface area contributed by atoms with Gasteiger partial charge in [0.1, 0.15) is 11.3 Å². The molecule has 0 radical (unpaired) electrons. The van der Waals surface area contributed by atoms with E-state index in [9.17, 15) is 13.2 Å². The SMILES string of the molecule is CCS(=O)(=O)N1CCC(NC(=O)N[C@H](C)c2oc3ccccc3c2C)CC1. The number of urea groups is 1. The third-order valence-corrected chi connectivity index (χ3v) is 7.05. The summed E-state index contributed by atoms with van der Waals surface area (Å²) < 4.78 is 31.2. The first-order valence-electron chi connectivity index (χ1n) is 9.34. The number of sulfonamides is 1. The van der Waals surface area contributed by atoms with Gasteiger partial charge in [0.15, 0.2) is 0 Å². The maximum Gasteiger partial charge on any atom is 0.315 e. The summed E-state index contributed by atoms with van der Waals surface area (Å²) in [4.78, 5) is 12.4. The van der Waals surface area contributed by atoms with Crippen molar-refractivity contribution in [3.05, 3.63) is 35.6 Å². The number of furan rings is 1. The van der Waals surface area contributed by atoms with E-state index in [1.165, 1.54) is 4.31 Å². The lowest BCUT2D eigenvalue weighted by Gasteiger charge is -2.31. The maximum atomic E-state index is 12.4. The summed E-state index contributed by atoms with van der Waals surface area (Å²) in [6, 6.07) is 7.24. The van der Waals surface area contributed by atoms with Crippen molar-refractivity contribution in [3.8, 4) is 0 Å². The first kappa shape index (κ1) is 19.7. The Balaban J connectivity index is 1.56. The van der Waals surface area contributed by atoms with Crippen molar-refractivity contribution < 1.29 is 17.6 Å². The number of hydrogen-bond donors (Lipinski definition) is 2. The molecule has 1 fully saturated rings. The van der Waals surface area contributed by atoms with E-state index in [-0.39, 0.29) is 23.9 Å². The Morgan fingerprint density at radius 3 is 2.59 bits per heavy atom. The molecule has 1 aliphatic heterocycles. The molecule has 0 aliphatic carbocycles. The quantitative estimate of drug-likeness (QED) is 0.817. The molecule has 0 spiro atoms. The standard InChI is InChI=1S/C19H27N3O4S/c1-4-27(24,25)22-11-9-15(10-12-22)21-19(23)20-14(3)18-13(2)16-7-5-6-8-17(16)26-18/h5-8,14-15H,4,9-12H2,1-3H3,(H2,20,21,23)/t14-/m1/s1. The average Bonchev–Trinajstić information content (AvgIpc) is 2.99. The summed E-state index contributed by atoms with van der Waals surface area (Å²) in [5.41, 5.74) is 1.83. The number of nitrogens with one attached hydrogen (secondary N) is 2.